The van der Waals surface area contributed by atoms with Crippen LogP contribution in [0.2, 0.25) is 0 Å². The average molecular weight is 326 g/mol. The quantitative estimate of drug-likeness (QED) is 0.907. The third-order valence-electron chi connectivity index (χ3n) is 4.31. The Hall–Kier alpha value is -2.56. The number of carbonyl (C=O) groups is 1. The highest BCUT2D eigenvalue weighted by atomic mass is 16.5. The van der Waals surface area contributed by atoms with Crippen molar-refractivity contribution in [2.75, 3.05) is 13.2 Å². The molecule has 24 heavy (non-hydrogen) atoms. The molecule has 2 aromatic rings. The Morgan fingerprint density at radius 1 is 1.29 bits per heavy atom. The summed E-state index contributed by atoms with van der Waals surface area (Å²) < 4.78 is 5.72. The number of carbonyl (C=O) groups excluding carboxylic acids is 1. The number of hydrogen-bond acceptors (Lipinski definition) is 3. The van der Waals surface area contributed by atoms with Crippen LogP contribution in [0.1, 0.15) is 41.4 Å². The minimum absolute atomic E-state index is 0.150. The van der Waals surface area contributed by atoms with E-state index >= 15 is 0 Å². The van der Waals surface area contributed by atoms with E-state index in [-0.39, 0.29) is 28.9 Å². The van der Waals surface area contributed by atoms with E-state index in [4.69, 9.17) is 4.74 Å². The van der Waals surface area contributed by atoms with Crippen molar-refractivity contribution in [3.8, 4) is 5.75 Å². The summed E-state index contributed by atoms with van der Waals surface area (Å²) in [4.78, 5) is 27.1. The Bertz CT molecular complexity index is 795. The summed E-state index contributed by atoms with van der Waals surface area (Å²) in [5, 5.41) is 2.85. The number of nitrogens with one attached hydrogen (secondary N) is 2. The minimum atomic E-state index is -0.344. The number of aromatic amines is 1. The van der Waals surface area contributed by atoms with Gasteiger partial charge in [0.05, 0.1) is 6.61 Å². The summed E-state index contributed by atoms with van der Waals surface area (Å²) in [7, 11) is 0. The molecule has 126 valence electrons. The molecule has 0 saturated heterocycles. The smallest absolute Gasteiger partial charge is 0.261 e. The lowest BCUT2D eigenvalue weighted by molar-refractivity contribution is 0.0937. The lowest BCUT2D eigenvalue weighted by Gasteiger charge is -2.25. The average Bonchev–Trinajstić information content (AvgIpc) is 2.59. The molecule has 1 aliphatic rings. The minimum Gasteiger partial charge on any atom is -0.493 e. The van der Waals surface area contributed by atoms with Crippen molar-refractivity contribution in [3.63, 3.8) is 0 Å². The third-order valence-corrected chi connectivity index (χ3v) is 4.31. The van der Waals surface area contributed by atoms with E-state index in [0.717, 1.165) is 23.4 Å². The number of pyridine rings is 1. The summed E-state index contributed by atoms with van der Waals surface area (Å²) in [5.74, 6) is 0.998. The number of amides is 1. The van der Waals surface area contributed by atoms with Crippen LogP contribution in [-0.4, -0.2) is 24.0 Å². The summed E-state index contributed by atoms with van der Waals surface area (Å²) >= 11 is 0. The van der Waals surface area contributed by atoms with E-state index in [1.54, 1.807) is 12.1 Å². The van der Waals surface area contributed by atoms with Crippen molar-refractivity contribution in [1.29, 1.82) is 0 Å². The molecule has 5 nitrogen and oxygen atoms in total. The summed E-state index contributed by atoms with van der Waals surface area (Å²) in [6, 6.07) is 11.3. The van der Waals surface area contributed by atoms with Gasteiger partial charge in [-0.2, -0.15) is 0 Å². The maximum atomic E-state index is 12.3. The molecule has 0 fully saturated rings. The van der Waals surface area contributed by atoms with Gasteiger partial charge in [0, 0.05) is 18.2 Å². The fraction of sp³-hybridized carbons (Fsp3) is 0.368. The number of rotatable bonds is 4. The van der Waals surface area contributed by atoms with E-state index in [2.05, 4.69) is 10.3 Å². The third kappa shape index (κ3) is 3.50. The Balaban J connectivity index is 1.61. The Morgan fingerprint density at radius 3 is 2.83 bits per heavy atom. The first kappa shape index (κ1) is 16.3. The Kier molecular flexibility index (Phi) is 4.69. The van der Waals surface area contributed by atoms with E-state index < -0.39 is 0 Å². The van der Waals surface area contributed by atoms with Crippen LogP contribution < -0.4 is 15.6 Å². The van der Waals surface area contributed by atoms with E-state index in [1.807, 2.05) is 38.1 Å². The summed E-state index contributed by atoms with van der Waals surface area (Å²) in [5.41, 5.74) is 1.79. The van der Waals surface area contributed by atoms with Crippen molar-refractivity contribution in [2.24, 2.45) is 5.92 Å². The van der Waals surface area contributed by atoms with Crippen LogP contribution in [0.25, 0.3) is 0 Å². The van der Waals surface area contributed by atoms with Crippen molar-refractivity contribution >= 4 is 5.91 Å². The van der Waals surface area contributed by atoms with Crippen LogP contribution in [0.3, 0.4) is 0 Å². The topological polar surface area (TPSA) is 71.2 Å². The van der Waals surface area contributed by atoms with Crippen molar-refractivity contribution in [3.05, 3.63) is 63.6 Å². The number of aromatic nitrogens is 1. The van der Waals surface area contributed by atoms with Crippen LogP contribution in [0.5, 0.6) is 5.75 Å². The fourth-order valence-electron chi connectivity index (χ4n) is 2.86. The lowest BCUT2D eigenvalue weighted by Crippen LogP contribution is -2.37. The van der Waals surface area contributed by atoms with Crippen LogP contribution in [0.15, 0.2) is 41.2 Å². The summed E-state index contributed by atoms with van der Waals surface area (Å²) in [6.07, 6.45) is 0.860. The lowest BCUT2D eigenvalue weighted by atomic mass is 9.96. The highest BCUT2D eigenvalue weighted by Crippen LogP contribution is 2.26. The molecule has 1 amide bonds. The molecule has 0 spiro atoms. The van der Waals surface area contributed by atoms with Gasteiger partial charge in [0.2, 0.25) is 0 Å². The van der Waals surface area contributed by atoms with Gasteiger partial charge in [-0.25, -0.2) is 0 Å². The fourth-order valence-corrected chi connectivity index (χ4v) is 2.86. The predicted octanol–water partition coefficient (Wildman–Crippen LogP) is 2.48. The number of benzene rings is 1. The molecular formula is C19H22N2O3. The zero-order chi connectivity index (χ0) is 17.1. The zero-order valence-corrected chi connectivity index (χ0v) is 14.0. The van der Waals surface area contributed by atoms with Crippen molar-refractivity contribution in [1.82, 2.24) is 10.3 Å². The van der Waals surface area contributed by atoms with Crippen LogP contribution in [0, 0.1) is 5.92 Å². The monoisotopic (exact) mass is 326 g/mol. The Morgan fingerprint density at radius 2 is 2.08 bits per heavy atom. The molecule has 5 heteroatoms. The van der Waals surface area contributed by atoms with Gasteiger partial charge in [-0.1, -0.05) is 32.0 Å². The molecule has 0 aliphatic carbocycles. The normalized spacial score (nSPS) is 16.4. The molecule has 1 aliphatic heterocycles. The van der Waals surface area contributed by atoms with Gasteiger partial charge in [0.15, 0.2) is 0 Å². The van der Waals surface area contributed by atoms with Crippen molar-refractivity contribution < 1.29 is 9.53 Å². The van der Waals surface area contributed by atoms with Gasteiger partial charge < -0.3 is 15.0 Å². The number of hydrogen-bond donors (Lipinski definition) is 2. The first-order valence-electron chi connectivity index (χ1n) is 8.26. The molecule has 1 aromatic heterocycles. The van der Waals surface area contributed by atoms with Gasteiger partial charge in [-0.3, -0.25) is 9.59 Å². The SMILES string of the molecule is CC(C)c1ccc(C(=O)NC[C@@H]2COc3ccccc3C2)c(=O)[nH]1. The second-order valence-corrected chi connectivity index (χ2v) is 6.51. The second-order valence-electron chi connectivity index (χ2n) is 6.51. The molecule has 0 saturated carbocycles. The van der Waals surface area contributed by atoms with Crippen molar-refractivity contribution in [2.45, 2.75) is 26.2 Å². The maximum absolute atomic E-state index is 12.3. The van der Waals surface area contributed by atoms with Crippen LogP contribution >= 0.6 is 0 Å². The zero-order valence-electron chi connectivity index (χ0n) is 14.0. The summed E-state index contributed by atoms with van der Waals surface area (Å²) in [6.45, 7) is 5.04. The molecule has 3 rings (SSSR count). The van der Waals surface area contributed by atoms with Gasteiger partial charge >= 0.3 is 0 Å². The molecule has 1 atom stereocenters. The molecular weight excluding hydrogens is 304 g/mol. The number of ether oxygens (including phenoxy) is 1. The highest BCUT2D eigenvalue weighted by Gasteiger charge is 2.21. The molecule has 0 unspecified atom stereocenters. The van der Waals surface area contributed by atoms with Gasteiger partial charge in [0.1, 0.15) is 11.3 Å². The largest absolute Gasteiger partial charge is 0.493 e. The molecule has 2 N–H and O–H groups in total. The standard InChI is InChI=1S/C19H22N2O3/c1-12(2)16-8-7-15(19(23)21-16)18(22)20-10-13-9-14-5-3-4-6-17(14)24-11-13/h3-8,12-13H,9-11H2,1-2H3,(H,20,22)(H,21,23)/t13-/m1/s1. The van der Waals surface area contributed by atoms with E-state index in [9.17, 15) is 9.59 Å². The number of fused-ring (bicyclic) bond motifs is 1. The van der Waals surface area contributed by atoms with E-state index in [1.165, 1.54) is 0 Å². The molecule has 2 heterocycles. The molecule has 0 bridgehead atoms. The van der Waals surface area contributed by atoms with Crippen LogP contribution in [0.4, 0.5) is 0 Å². The second kappa shape index (κ2) is 6.91. The van der Waals surface area contributed by atoms with Crippen LogP contribution in [-0.2, 0) is 6.42 Å². The first-order valence-corrected chi connectivity index (χ1v) is 8.26. The predicted molar refractivity (Wildman–Crippen MR) is 92.6 cm³/mol. The number of H-pyrrole nitrogens is 1. The van der Waals surface area contributed by atoms with Gasteiger partial charge in [0.25, 0.3) is 11.5 Å². The number of para-hydroxylation sites is 1. The Labute approximate surface area is 141 Å². The highest BCUT2D eigenvalue weighted by molar-refractivity contribution is 5.93. The maximum Gasteiger partial charge on any atom is 0.261 e. The van der Waals surface area contributed by atoms with E-state index in [0.29, 0.717) is 13.2 Å². The molecule has 0 radical (unpaired) electrons. The van der Waals surface area contributed by atoms with Gasteiger partial charge in [-0.15, -0.1) is 0 Å². The molecule has 1 aromatic carbocycles. The van der Waals surface area contributed by atoms with Gasteiger partial charge in [-0.05, 0) is 36.1 Å². The first-order chi connectivity index (χ1) is 11.5.